The van der Waals surface area contributed by atoms with E-state index in [4.69, 9.17) is 21.1 Å². The molecule has 2 N–H and O–H groups in total. The molecule has 150 valence electrons. The molecular weight excluding hydrogens is 398 g/mol. The molecule has 0 atom stereocenters. The minimum absolute atomic E-state index is 0.149. The van der Waals surface area contributed by atoms with Gasteiger partial charge in [-0.2, -0.15) is 0 Å². The van der Waals surface area contributed by atoms with Crippen molar-refractivity contribution in [2.45, 2.75) is 6.92 Å². The standard InChI is InChI=1S/C20H18ClN3O5/c1-11(22-15-10-14(28-2)8-9-16(15)29-3)17-18(25)23-20(27)24(19(17)26)13-6-4-12(21)5-7-13/h4-10,26H,1-3H3,(H,23,25,27). The van der Waals surface area contributed by atoms with Crippen molar-refractivity contribution in [3.05, 3.63) is 73.9 Å². The van der Waals surface area contributed by atoms with Crippen LogP contribution in [-0.2, 0) is 0 Å². The molecule has 8 nitrogen and oxygen atoms in total. The molecule has 0 saturated heterocycles. The van der Waals surface area contributed by atoms with Crippen LogP contribution in [0.2, 0.25) is 5.02 Å². The lowest BCUT2D eigenvalue weighted by molar-refractivity contribution is 0.404. The summed E-state index contributed by atoms with van der Waals surface area (Å²) in [4.78, 5) is 31.3. The van der Waals surface area contributed by atoms with Crippen LogP contribution in [0, 0.1) is 0 Å². The van der Waals surface area contributed by atoms with Crippen LogP contribution >= 0.6 is 11.6 Å². The Morgan fingerprint density at radius 2 is 1.79 bits per heavy atom. The number of hydrogen-bond acceptors (Lipinski definition) is 6. The van der Waals surface area contributed by atoms with Gasteiger partial charge < -0.3 is 14.6 Å². The summed E-state index contributed by atoms with van der Waals surface area (Å²) in [7, 11) is 3.00. The van der Waals surface area contributed by atoms with E-state index in [1.54, 1.807) is 49.4 Å². The average Bonchev–Trinajstić information content (AvgIpc) is 2.69. The van der Waals surface area contributed by atoms with Crippen LogP contribution in [0.3, 0.4) is 0 Å². The lowest BCUT2D eigenvalue weighted by Crippen LogP contribution is -2.32. The predicted molar refractivity (Wildman–Crippen MR) is 111 cm³/mol. The molecule has 0 aliphatic heterocycles. The maximum absolute atomic E-state index is 12.4. The van der Waals surface area contributed by atoms with Gasteiger partial charge >= 0.3 is 5.69 Å². The van der Waals surface area contributed by atoms with Gasteiger partial charge in [0.15, 0.2) is 0 Å². The molecule has 2 aromatic carbocycles. The third-order valence-corrected chi connectivity index (χ3v) is 4.46. The van der Waals surface area contributed by atoms with Gasteiger partial charge in [-0.15, -0.1) is 0 Å². The van der Waals surface area contributed by atoms with Gasteiger partial charge in [0, 0.05) is 11.1 Å². The fourth-order valence-corrected chi connectivity index (χ4v) is 2.93. The van der Waals surface area contributed by atoms with E-state index in [9.17, 15) is 14.7 Å². The molecule has 0 radical (unpaired) electrons. The van der Waals surface area contributed by atoms with Crippen LogP contribution in [0.4, 0.5) is 5.69 Å². The number of methoxy groups -OCH3 is 2. The Kier molecular flexibility index (Phi) is 5.74. The summed E-state index contributed by atoms with van der Waals surface area (Å²) in [5.41, 5.74) is -0.790. The number of rotatable bonds is 5. The number of H-pyrrole nitrogens is 1. The van der Waals surface area contributed by atoms with Crippen molar-refractivity contribution in [2.24, 2.45) is 4.99 Å². The number of benzene rings is 2. The number of aromatic nitrogens is 2. The lowest BCUT2D eigenvalue weighted by atomic mass is 10.2. The number of nitrogens with one attached hydrogen (secondary N) is 1. The largest absolute Gasteiger partial charge is 0.497 e. The zero-order valence-corrected chi connectivity index (χ0v) is 16.6. The topological polar surface area (TPSA) is 106 Å². The van der Waals surface area contributed by atoms with Gasteiger partial charge in [0.1, 0.15) is 22.7 Å². The van der Waals surface area contributed by atoms with Crippen molar-refractivity contribution >= 4 is 23.0 Å². The van der Waals surface area contributed by atoms with E-state index in [1.165, 1.54) is 14.2 Å². The number of aliphatic imine (C=N–C) groups is 1. The molecule has 0 saturated carbocycles. The van der Waals surface area contributed by atoms with E-state index in [-0.39, 0.29) is 11.3 Å². The van der Waals surface area contributed by atoms with Crippen molar-refractivity contribution in [3.8, 4) is 23.1 Å². The molecule has 1 heterocycles. The Bertz CT molecular complexity index is 1200. The fourth-order valence-electron chi connectivity index (χ4n) is 2.80. The summed E-state index contributed by atoms with van der Waals surface area (Å²) < 4.78 is 11.4. The van der Waals surface area contributed by atoms with Crippen molar-refractivity contribution < 1.29 is 14.6 Å². The van der Waals surface area contributed by atoms with Gasteiger partial charge in [-0.1, -0.05) is 11.6 Å². The smallest absolute Gasteiger partial charge is 0.335 e. The molecule has 3 rings (SSSR count). The Hall–Kier alpha value is -3.52. The van der Waals surface area contributed by atoms with Crippen molar-refractivity contribution in [2.75, 3.05) is 14.2 Å². The average molecular weight is 416 g/mol. The first-order valence-electron chi connectivity index (χ1n) is 8.47. The Balaban J connectivity index is 2.20. The van der Waals surface area contributed by atoms with E-state index in [0.29, 0.717) is 27.9 Å². The maximum atomic E-state index is 12.4. The summed E-state index contributed by atoms with van der Waals surface area (Å²) in [6.07, 6.45) is 0. The first-order chi connectivity index (χ1) is 13.8. The first kappa shape index (κ1) is 20.2. The van der Waals surface area contributed by atoms with Crippen LogP contribution in [0.15, 0.2) is 57.0 Å². The van der Waals surface area contributed by atoms with Crippen molar-refractivity contribution in [1.29, 1.82) is 0 Å². The number of aromatic amines is 1. The minimum Gasteiger partial charge on any atom is -0.497 e. The van der Waals surface area contributed by atoms with E-state index >= 15 is 0 Å². The molecule has 0 aliphatic carbocycles. The molecule has 0 aliphatic rings. The van der Waals surface area contributed by atoms with Crippen LogP contribution < -0.4 is 20.7 Å². The predicted octanol–water partition coefficient (Wildman–Crippen LogP) is 3.04. The Morgan fingerprint density at radius 3 is 2.41 bits per heavy atom. The first-order valence-corrected chi connectivity index (χ1v) is 8.85. The summed E-state index contributed by atoms with van der Waals surface area (Å²) >= 11 is 5.88. The molecule has 3 aromatic rings. The normalized spacial score (nSPS) is 11.4. The summed E-state index contributed by atoms with van der Waals surface area (Å²) in [6, 6.07) is 11.2. The fraction of sp³-hybridized carbons (Fsp3) is 0.150. The maximum Gasteiger partial charge on any atom is 0.335 e. The zero-order valence-electron chi connectivity index (χ0n) is 15.9. The highest BCUT2D eigenvalue weighted by Gasteiger charge is 2.18. The van der Waals surface area contributed by atoms with Crippen molar-refractivity contribution in [1.82, 2.24) is 9.55 Å². The number of aromatic hydroxyl groups is 1. The van der Waals surface area contributed by atoms with E-state index in [0.717, 1.165) is 4.57 Å². The highest BCUT2D eigenvalue weighted by atomic mass is 35.5. The monoisotopic (exact) mass is 415 g/mol. The number of hydrogen-bond donors (Lipinski definition) is 2. The third kappa shape index (κ3) is 4.02. The molecule has 0 unspecified atom stereocenters. The van der Waals surface area contributed by atoms with Crippen LogP contribution in [0.25, 0.3) is 5.69 Å². The van der Waals surface area contributed by atoms with E-state index < -0.39 is 17.1 Å². The Morgan fingerprint density at radius 1 is 1.10 bits per heavy atom. The second-order valence-corrected chi connectivity index (χ2v) is 6.44. The molecule has 0 spiro atoms. The third-order valence-electron chi connectivity index (χ3n) is 4.21. The van der Waals surface area contributed by atoms with E-state index in [2.05, 4.69) is 9.98 Å². The zero-order chi connectivity index (χ0) is 21.1. The van der Waals surface area contributed by atoms with Crippen LogP contribution in [0.1, 0.15) is 12.5 Å². The molecule has 0 amide bonds. The number of halogens is 1. The van der Waals surface area contributed by atoms with Gasteiger partial charge in [0.25, 0.3) is 5.56 Å². The van der Waals surface area contributed by atoms with Gasteiger partial charge in [-0.25, -0.2) is 14.4 Å². The highest BCUT2D eigenvalue weighted by Crippen LogP contribution is 2.32. The van der Waals surface area contributed by atoms with Crippen LogP contribution in [-0.4, -0.2) is 34.6 Å². The summed E-state index contributed by atoms with van der Waals surface area (Å²) in [5.74, 6) is 0.456. The number of nitrogens with zero attached hydrogens (tertiary/aromatic N) is 2. The Labute approximate surface area is 170 Å². The molecule has 9 heteroatoms. The quantitative estimate of drug-likeness (QED) is 0.623. The molecule has 0 fully saturated rings. The van der Waals surface area contributed by atoms with E-state index in [1.807, 2.05) is 0 Å². The van der Waals surface area contributed by atoms with Gasteiger partial charge in [-0.3, -0.25) is 9.78 Å². The highest BCUT2D eigenvalue weighted by molar-refractivity contribution is 6.30. The van der Waals surface area contributed by atoms with Gasteiger partial charge in [0.2, 0.25) is 5.88 Å². The SMILES string of the molecule is COc1ccc(OC)c(N=C(C)c2c(O)n(-c3ccc(Cl)cc3)c(=O)[nH]c2=O)c1. The summed E-state index contributed by atoms with van der Waals surface area (Å²) in [6.45, 7) is 1.54. The second-order valence-electron chi connectivity index (χ2n) is 6.00. The molecule has 29 heavy (non-hydrogen) atoms. The molecule has 0 bridgehead atoms. The molecular formula is C20H18ClN3O5. The second kappa shape index (κ2) is 8.24. The number of ether oxygens (including phenoxy) is 2. The summed E-state index contributed by atoms with van der Waals surface area (Å²) in [5, 5.41) is 11.2. The van der Waals surface area contributed by atoms with Gasteiger partial charge in [-0.05, 0) is 43.3 Å². The molecule has 1 aromatic heterocycles. The van der Waals surface area contributed by atoms with Crippen molar-refractivity contribution in [3.63, 3.8) is 0 Å². The van der Waals surface area contributed by atoms with Gasteiger partial charge in [0.05, 0.1) is 25.6 Å². The minimum atomic E-state index is -0.787. The lowest BCUT2D eigenvalue weighted by Gasteiger charge is -2.12. The van der Waals surface area contributed by atoms with Crippen LogP contribution in [0.5, 0.6) is 17.4 Å².